The highest BCUT2D eigenvalue weighted by Crippen LogP contribution is 2.21. The maximum Gasteiger partial charge on any atom is 0.118 e. The van der Waals surface area contributed by atoms with Gasteiger partial charge in [-0.05, 0) is 41.8 Å². The Hall–Kier alpha value is -2.00. The summed E-state index contributed by atoms with van der Waals surface area (Å²) in [4.78, 5) is 0. The van der Waals surface area contributed by atoms with Crippen LogP contribution in [0.15, 0.2) is 48.5 Å². The van der Waals surface area contributed by atoms with Gasteiger partial charge < -0.3 is 14.8 Å². The predicted molar refractivity (Wildman–Crippen MR) is 85.9 cm³/mol. The average molecular weight is 285 g/mol. The third-order valence-electron chi connectivity index (χ3n) is 3.64. The molecule has 0 amide bonds. The third-order valence-corrected chi connectivity index (χ3v) is 3.64. The van der Waals surface area contributed by atoms with Crippen LogP contribution in [0.4, 0.5) is 0 Å². The smallest absolute Gasteiger partial charge is 0.118 e. The molecule has 0 bridgehead atoms. The Kier molecular flexibility index (Phi) is 5.64. The molecule has 0 spiro atoms. The largest absolute Gasteiger partial charge is 0.497 e. The van der Waals surface area contributed by atoms with Crippen molar-refractivity contribution in [2.75, 3.05) is 14.2 Å². The number of ether oxygens (including phenoxy) is 2. The molecule has 0 aliphatic rings. The zero-order valence-corrected chi connectivity index (χ0v) is 12.9. The first-order valence-electron chi connectivity index (χ1n) is 7.27. The van der Waals surface area contributed by atoms with Gasteiger partial charge in [-0.1, -0.05) is 31.2 Å². The molecule has 0 radical (unpaired) electrons. The van der Waals surface area contributed by atoms with Gasteiger partial charge in [0.25, 0.3) is 0 Å². The van der Waals surface area contributed by atoms with Crippen molar-refractivity contribution in [3.63, 3.8) is 0 Å². The molecule has 0 saturated carbocycles. The summed E-state index contributed by atoms with van der Waals surface area (Å²) in [6.45, 7) is 3.03. The minimum atomic E-state index is 0.345. The van der Waals surface area contributed by atoms with Crippen molar-refractivity contribution in [2.45, 2.75) is 25.9 Å². The van der Waals surface area contributed by atoms with Gasteiger partial charge in [-0.3, -0.25) is 0 Å². The maximum atomic E-state index is 5.20. The second-order valence-corrected chi connectivity index (χ2v) is 4.96. The van der Waals surface area contributed by atoms with Gasteiger partial charge in [-0.2, -0.15) is 0 Å². The maximum absolute atomic E-state index is 5.20. The van der Waals surface area contributed by atoms with Gasteiger partial charge in [0.15, 0.2) is 0 Å². The Bertz CT molecular complexity index is 534. The number of hydrogen-bond acceptors (Lipinski definition) is 3. The Morgan fingerprint density at radius 3 is 1.86 bits per heavy atom. The first kappa shape index (κ1) is 15.4. The molecule has 0 aliphatic carbocycles. The molecule has 3 nitrogen and oxygen atoms in total. The fraction of sp³-hybridized carbons (Fsp3) is 0.333. The molecular weight excluding hydrogens is 262 g/mol. The van der Waals surface area contributed by atoms with Crippen LogP contribution in [0.3, 0.4) is 0 Å². The van der Waals surface area contributed by atoms with E-state index in [1.165, 1.54) is 11.1 Å². The Balaban J connectivity index is 1.97. The molecule has 0 saturated heterocycles. The fourth-order valence-electron chi connectivity index (χ4n) is 2.32. The van der Waals surface area contributed by atoms with Crippen LogP contribution in [0.5, 0.6) is 11.5 Å². The molecule has 2 aromatic carbocycles. The van der Waals surface area contributed by atoms with Gasteiger partial charge in [0, 0.05) is 12.6 Å². The summed E-state index contributed by atoms with van der Waals surface area (Å²) in [5, 5.41) is 3.60. The number of rotatable bonds is 7. The minimum Gasteiger partial charge on any atom is -0.497 e. The van der Waals surface area contributed by atoms with Crippen LogP contribution in [0, 0.1) is 0 Å². The molecule has 0 fully saturated rings. The lowest BCUT2D eigenvalue weighted by atomic mass is 10.0. The van der Waals surface area contributed by atoms with Crippen molar-refractivity contribution >= 4 is 0 Å². The number of methoxy groups -OCH3 is 2. The molecule has 1 N–H and O–H groups in total. The van der Waals surface area contributed by atoms with Crippen molar-refractivity contribution in [1.82, 2.24) is 5.32 Å². The van der Waals surface area contributed by atoms with Crippen LogP contribution in [0.2, 0.25) is 0 Å². The second kappa shape index (κ2) is 7.70. The first-order chi connectivity index (χ1) is 10.3. The Morgan fingerprint density at radius 1 is 0.857 bits per heavy atom. The summed E-state index contributed by atoms with van der Waals surface area (Å²) < 4.78 is 10.4. The van der Waals surface area contributed by atoms with E-state index >= 15 is 0 Å². The summed E-state index contributed by atoms with van der Waals surface area (Å²) in [6.07, 6.45) is 1.04. The van der Waals surface area contributed by atoms with Crippen LogP contribution < -0.4 is 14.8 Å². The molecule has 21 heavy (non-hydrogen) atoms. The normalized spacial score (nSPS) is 12.0. The molecular formula is C18H23NO2. The lowest BCUT2D eigenvalue weighted by Crippen LogP contribution is -2.20. The Labute approximate surface area is 126 Å². The van der Waals surface area contributed by atoms with Crippen LogP contribution in [0.1, 0.15) is 30.5 Å². The second-order valence-electron chi connectivity index (χ2n) is 4.96. The molecule has 0 aliphatic heterocycles. The van der Waals surface area contributed by atoms with Gasteiger partial charge in [-0.25, -0.2) is 0 Å². The van der Waals surface area contributed by atoms with Crippen molar-refractivity contribution in [1.29, 1.82) is 0 Å². The molecule has 112 valence electrons. The van der Waals surface area contributed by atoms with E-state index in [9.17, 15) is 0 Å². The lowest BCUT2D eigenvalue weighted by molar-refractivity contribution is 0.414. The molecule has 2 rings (SSSR count). The van der Waals surface area contributed by atoms with Crippen molar-refractivity contribution in [3.8, 4) is 11.5 Å². The molecule has 0 aromatic heterocycles. The van der Waals surface area contributed by atoms with Crippen LogP contribution in [-0.4, -0.2) is 14.2 Å². The highest BCUT2D eigenvalue weighted by molar-refractivity contribution is 5.30. The fourth-order valence-corrected chi connectivity index (χ4v) is 2.32. The summed E-state index contributed by atoms with van der Waals surface area (Å²) >= 11 is 0. The minimum absolute atomic E-state index is 0.345. The Morgan fingerprint density at radius 2 is 1.38 bits per heavy atom. The van der Waals surface area contributed by atoms with E-state index in [1.807, 2.05) is 24.3 Å². The van der Waals surface area contributed by atoms with Crippen molar-refractivity contribution < 1.29 is 9.47 Å². The summed E-state index contributed by atoms with van der Waals surface area (Å²) in [7, 11) is 3.37. The summed E-state index contributed by atoms with van der Waals surface area (Å²) in [5.41, 5.74) is 2.54. The van der Waals surface area contributed by atoms with E-state index in [0.717, 1.165) is 24.5 Å². The van der Waals surface area contributed by atoms with E-state index in [4.69, 9.17) is 9.47 Å². The summed E-state index contributed by atoms with van der Waals surface area (Å²) in [6, 6.07) is 16.8. The average Bonchev–Trinajstić information content (AvgIpc) is 2.56. The molecule has 1 unspecified atom stereocenters. The van der Waals surface area contributed by atoms with Crippen LogP contribution >= 0.6 is 0 Å². The molecule has 2 aromatic rings. The van der Waals surface area contributed by atoms with E-state index in [-0.39, 0.29) is 0 Å². The van der Waals surface area contributed by atoms with E-state index in [0.29, 0.717) is 6.04 Å². The third kappa shape index (κ3) is 4.23. The highest BCUT2D eigenvalue weighted by Gasteiger charge is 2.08. The van der Waals surface area contributed by atoms with Gasteiger partial charge in [-0.15, -0.1) is 0 Å². The number of benzene rings is 2. The van der Waals surface area contributed by atoms with Gasteiger partial charge in [0.05, 0.1) is 14.2 Å². The summed E-state index contributed by atoms with van der Waals surface area (Å²) in [5.74, 6) is 1.78. The highest BCUT2D eigenvalue weighted by atomic mass is 16.5. The quantitative estimate of drug-likeness (QED) is 0.835. The molecule has 3 heteroatoms. The lowest BCUT2D eigenvalue weighted by Gasteiger charge is -2.18. The molecule has 0 heterocycles. The van der Waals surface area contributed by atoms with Gasteiger partial charge in [0.2, 0.25) is 0 Å². The topological polar surface area (TPSA) is 30.5 Å². The monoisotopic (exact) mass is 285 g/mol. The van der Waals surface area contributed by atoms with Crippen LogP contribution in [0.25, 0.3) is 0 Å². The van der Waals surface area contributed by atoms with E-state index in [1.54, 1.807) is 14.2 Å². The number of hydrogen-bond donors (Lipinski definition) is 1. The van der Waals surface area contributed by atoms with Gasteiger partial charge in [0.1, 0.15) is 11.5 Å². The molecule has 1 atom stereocenters. The SMILES string of the molecule is CCC(NCc1ccc(OC)cc1)c1ccc(OC)cc1. The zero-order chi connectivity index (χ0) is 15.1. The van der Waals surface area contributed by atoms with Crippen LogP contribution in [-0.2, 0) is 6.54 Å². The van der Waals surface area contributed by atoms with E-state index in [2.05, 4.69) is 36.5 Å². The standard InChI is InChI=1S/C18H23NO2/c1-4-18(15-7-11-17(21-3)12-8-15)19-13-14-5-9-16(20-2)10-6-14/h5-12,18-19H,4,13H2,1-3H3. The van der Waals surface area contributed by atoms with Gasteiger partial charge >= 0.3 is 0 Å². The zero-order valence-electron chi connectivity index (χ0n) is 12.9. The number of nitrogens with one attached hydrogen (secondary N) is 1. The predicted octanol–water partition coefficient (Wildman–Crippen LogP) is 3.94. The first-order valence-corrected chi connectivity index (χ1v) is 7.27. The van der Waals surface area contributed by atoms with Crippen molar-refractivity contribution in [3.05, 3.63) is 59.7 Å². The van der Waals surface area contributed by atoms with E-state index < -0.39 is 0 Å². The van der Waals surface area contributed by atoms with Crippen molar-refractivity contribution in [2.24, 2.45) is 0 Å².